The average molecular weight is 432 g/mol. The van der Waals surface area contributed by atoms with E-state index >= 15 is 0 Å². The van der Waals surface area contributed by atoms with Crippen LogP contribution in [0.25, 0.3) is 0 Å². The lowest BCUT2D eigenvalue weighted by molar-refractivity contribution is -0.114. The van der Waals surface area contributed by atoms with Gasteiger partial charge in [0.1, 0.15) is 12.4 Å². The largest absolute Gasteiger partial charge is 0.489 e. The monoisotopic (exact) mass is 431 g/mol. The normalized spacial score (nSPS) is 11.3. The first-order valence-corrected chi connectivity index (χ1v) is 10.7. The molecule has 0 aliphatic carbocycles. The van der Waals surface area contributed by atoms with Crippen LogP contribution >= 0.6 is 0 Å². The predicted molar refractivity (Wildman–Crippen MR) is 128 cm³/mol. The highest BCUT2D eigenvalue weighted by atomic mass is 16.5. The third-order valence-corrected chi connectivity index (χ3v) is 4.96. The van der Waals surface area contributed by atoms with E-state index in [-0.39, 0.29) is 24.4 Å². The van der Waals surface area contributed by atoms with Crippen molar-refractivity contribution in [3.63, 3.8) is 0 Å². The van der Waals surface area contributed by atoms with Gasteiger partial charge in [-0.05, 0) is 55.3 Å². The molecule has 0 saturated heterocycles. The summed E-state index contributed by atoms with van der Waals surface area (Å²) in [5.41, 5.74) is 3.09. The lowest BCUT2D eigenvalue weighted by Crippen LogP contribution is -2.31. The SMILES string of the molecule is CCC(C)NC(=O)c1ccc(NC(=O)CNc2cccc(OCc3ccccc3)c2)cc1. The third-order valence-electron chi connectivity index (χ3n) is 4.96. The van der Waals surface area contributed by atoms with Crippen LogP contribution in [0, 0.1) is 0 Å². The number of rotatable bonds is 10. The second-order valence-corrected chi connectivity index (χ2v) is 7.56. The molecule has 3 rings (SSSR count). The van der Waals surface area contributed by atoms with Crippen LogP contribution < -0.4 is 20.7 Å². The van der Waals surface area contributed by atoms with Gasteiger partial charge >= 0.3 is 0 Å². The molecular weight excluding hydrogens is 402 g/mol. The van der Waals surface area contributed by atoms with Crippen molar-refractivity contribution in [2.24, 2.45) is 0 Å². The van der Waals surface area contributed by atoms with Crippen LogP contribution in [0.3, 0.4) is 0 Å². The van der Waals surface area contributed by atoms with Gasteiger partial charge in [0.15, 0.2) is 0 Å². The molecule has 0 aromatic heterocycles. The fraction of sp³-hybridized carbons (Fsp3) is 0.231. The lowest BCUT2D eigenvalue weighted by Gasteiger charge is -2.12. The molecule has 0 radical (unpaired) electrons. The van der Waals surface area contributed by atoms with E-state index in [9.17, 15) is 9.59 Å². The quantitative estimate of drug-likeness (QED) is 0.429. The van der Waals surface area contributed by atoms with Crippen LogP contribution in [0.4, 0.5) is 11.4 Å². The topological polar surface area (TPSA) is 79.5 Å². The average Bonchev–Trinajstić information content (AvgIpc) is 2.82. The molecule has 3 aromatic rings. The van der Waals surface area contributed by atoms with Gasteiger partial charge in [0.2, 0.25) is 5.91 Å². The van der Waals surface area contributed by atoms with Gasteiger partial charge in [-0.25, -0.2) is 0 Å². The Kier molecular flexibility index (Phi) is 8.26. The van der Waals surface area contributed by atoms with Gasteiger partial charge in [0.25, 0.3) is 5.91 Å². The summed E-state index contributed by atoms with van der Waals surface area (Å²) < 4.78 is 5.82. The van der Waals surface area contributed by atoms with Crippen LogP contribution in [0.1, 0.15) is 36.2 Å². The Morgan fingerprint density at radius 2 is 1.66 bits per heavy atom. The second-order valence-electron chi connectivity index (χ2n) is 7.56. The Labute approximate surface area is 189 Å². The summed E-state index contributed by atoms with van der Waals surface area (Å²) in [5.74, 6) is 0.427. The molecule has 0 aliphatic heterocycles. The molecule has 1 unspecified atom stereocenters. The number of hydrogen-bond donors (Lipinski definition) is 3. The Hall–Kier alpha value is -3.80. The number of amides is 2. The summed E-state index contributed by atoms with van der Waals surface area (Å²) in [6.45, 7) is 4.57. The molecule has 0 aliphatic rings. The molecule has 3 N–H and O–H groups in total. The minimum atomic E-state index is -0.183. The highest BCUT2D eigenvalue weighted by Crippen LogP contribution is 2.18. The molecule has 0 bridgehead atoms. The molecule has 0 saturated carbocycles. The Balaban J connectivity index is 1.47. The van der Waals surface area contributed by atoms with E-state index in [4.69, 9.17) is 4.74 Å². The molecule has 0 spiro atoms. The van der Waals surface area contributed by atoms with E-state index in [1.807, 2.05) is 68.4 Å². The van der Waals surface area contributed by atoms with Gasteiger partial charge in [0.05, 0.1) is 6.54 Å². The zero-order valence-corrected chi connectivity index (χ0v) is 18.4. The molecule has 6 heteroatoms. The maximum atomic E-state index is 12.3. The Morgan fingerprint density at radius 3 is 2.38 bits per heavy atom. The number of nitrogens with one attached hydrogen (secondary N) is 3. The highest BCUT2D eigenvalue weighted by molar-refractivity contribution is 5.96. The van der Waals surface area contributed by atoms with Crippen molar-refractivity contribution in [2.75, 3.05) is 17.2 Å². The molecule has 6 nitrogen and oxygen atoms in total. The minimum Gasteiger partial charge on any atom is -0.489 e. The van der Waals surface area contributed by atoms with Gasteiger partial charge in [-0.3, -0.25) is 9.59 Å². The standard InChI is InChI=1S/C26H29N3O3/c1-3-19(2)28-26(31)21-12-14-22(15-13-21)29-25(30)17-27-23-10-7-11-24(16-23)32-18-20-8-5-4-6-9-20/h4-16,19,27H,3,17-18H2,1-2H3,(H,28,31)(H,29,30). The highest BCUT2D eigenvalue weighted by Gasteiger charge is 2.09. The summed E-state index contributed by atoms with van der Waals surface area (Å²) >= 11 is 0. The van der Waals surface area contributed by atoms with Crippen molar-refractivity contribution in [1.82, 2.24) is 5.32 Å². The van der Waals surface area contributed by atoms with Crippen molar-refractivity contribution in [1.29, 1.82) is 0 Å². The fourth-order valence-electron chi connectivity index (χ4n) is 2.94. The molecule has 3 aromatic carbocycles. The second kappa shape index (κ2) is 11.6. The first kappa shape index (κ1) is 22.9. The van der Waals surface area contributed by atoms with Crippen molar-refractivity contribution in [3.8, 4) is 5.75 Å². The fourth-order valence-corrected chi connectivity index (χ4v) is 2.94. The van der Waals surface area contributed by atoms with E-state index in [2.05, 4.69) is 16.0 Å². The summed E-state index contributed by atoms with van der Waals surface area (Å²) in [6.07, 6.45) is 0.870. The maximum absolute atomic E-state index is 12.3. The number of carbonyl (C=O) groups excluding carboxylic acids is 2. The zero-order chi connectivity index (χ0) is 22.8. The van der Waals surface area contributed by atoms with Crippen molar-refractivity contribution < 1.29 is 14.3 Å². The summed E-state index contributed by atoms with van der Waals surface area (Å²) in [5, 5.41) is 8.85. The first-order valence-electron chi connectivity index (χ1n) is 10.7. The number of carbonyl (C=O) groups is 2. The van der Waals surface area contributed by atoms with Gasteiger partial charge < -0.3 is 20.7 Å². The van der Waals surface area contributed by atoms with Gasteiger partial charge in [0, 0.05) is 29.0 Å². The summed E-state index contributed by atoms with van der Waals surface area (Å²) in [6, 6.07) is 24.4. The number of ether oxygens (including phenoxy) is 1. The van der Waals surface area contributed by atoms with E-state index in [0.29, 0.717) is 17.9 Å². The van der Waals surface area contributed by atoms with E-state index in [1.165, 1.54) is 0 Å². The zero-order valence-electron chi connectivity index (χ0n) is 18.4. The van der Waals surface area contributed by atoms with Crippen molar-refractivity contribution in [3.05, 3.63) is 90.0 Å². The molecule has 32 heavy (non-hydrogen) atoms. The van der Waals surface area contributed by atoms with Crippen LogP contribution in [0.2, 0.25) is 0 Å². The Morgan fingerprint density at radius 1 is 0.906 bits per heavy atom. The lowest BCUT2D eigenvalue weighted by atomic mass is 10.1. The van der Waals surface area contributed by atoms with Crippen LogP contribution in [-0.4, -0.2) is 24.4 Å². The molecule has 1 atom stereocenters. The minimum absolute atomic E-state index is 0.110. The van der Waals surface area contributed by atoms with Gasteiger partial charge in [-0.15, -0.1) is 0 Å². The van der Waals surface area contributed by atoms with Crippen LogP contribution in [0.15, 0.2) is 78.9 Å². The molecular formula is C26H29N3O3. The molecule has 0 heterocycles. The summed E-state index contributed by atoms with van der Waals surface area (Å²) in [4.78, 5) is 24.4. The molecule has 0 fully saturated rings. The smallest absolute Gasteiger partial charge is 0.251 e. The van der Waals surface area contributed by atoms with Crippen LogP contribution in [0.5, 0.6) is 5.75 Å². The first-order chi connectivity index (χ1) is 15.5. The van der Waals surface area contributed by atoms with Gasteiger partial charge in [-0.2, -0.15) is 0 Å². The van der Waals surface area contributed by atoms with Crippen LogP contribution in [-0.2, 0) is 11.4 Å². The third kappa shape index (κ3) is 7.16. The number of hydrogen-bond acceptors (Lipinski definition) is 4. The number of anilines is 2. The van der Waals surface area contributed by atoms with Crippen molar-refractivity contribution in [2.45, 2.75) is 32.9 Å². The van der Waals surface area contributed by atoms with Crippen molar-refractivity contribution >= 4 is 23.2 Å². The predicted octanol–water partition coefficient (Wildman–Crippen LogP) is 4.84. The van der Waals surface area contributed by atoms with Gasteiger partial charge in [-0.1, -0.05) is 43.3 Å². The maximum Gasteiger partial charge on any atom is 0.251 e. The van der Waals surface area contributed by atoms with E-state index in [1.54, 1.807) is 24.3 Å². The number of benzene rings is 3. The molecule has 166 valence electrons. The Bertz CT molecular complexity index is 1020. The molecule has 2 amide bonds. The van der Waals surface area contributed by atoms with E-state index in [0.717, 1.165) is 23.4 Å². The summed E-state index contributed by atoms with van der Waals surface area (Å²) in [7, 11) is 0. The van der Waals surface area contributed by atoms with E-state index < -0.39 is 0 Å².